The lowest BCUT2D eigenvalue weighted by atomic mass is 10.2. The lowest BCUT2D eigenvalue weighted by molar-refractivity contribution is -0.128. The lowest BCUT2D eigenvalue weighted by Gasteiger charge is -2.12. The molecule has 0 unspecified atom stereocenters. The maximum atomic E-state index is 12.1. The molecular formula is C22H25ClO4. The van der Waals surface area contributed by atoms with Crippen molar-refractivity contribution in [3.05, 3.63) is 58.6 Å². The fraction of sp³-hybridized carbons (Fsp3) is 0.318. The Bertz CT molecular complexity index is 799. The molecule has 0 amide bonds. The van der Waals surface area contributed by atoms with Gasteiger partial charge in [0.15, 0.2) is 11.5 Å². The van der Waals surface area contributed by atoms with Gasteiger partial charge in [0.25, 0.3) is 0 Å². The summed E-state index contributed by atoms with van der Waals surface area (Å²) in [6.45, 7) is 7.06. The van der Waals surface area contributed by atoms with Crippen LogP contribution in [0.25, 0.3) is 6.08 Å². The highest BCUT2D eigenvalue weighted by Gasteiger charge is 2.07. The predicted octanol–water partition coefficient (Wildman–Crippen LogP) is 5.84. The van der Waals surface area contributed by atoms with Crippen molar-refractivity contribution >= 4 is 23.6 Å². The summed E-state index contributed by atoms with van der Waals surface area (Å²) in [5.41, 5.74) is 1.63. The van der Waals surface area contributed by atoms with Crippen LogP contribution in [0.5, 0.6) is 17.2 Å². The van der Waals surface area contributed by atoms with Crippen LogP contribution in [0.4, 0.5) is 0 Å². The Morgan fingerprint density at radius 1 is 1.04 bits per heavy atom. The molecule has 0 saturated carbocycles. The molecule has 0 aliphatic rings. The molecular weight excluding hydrogens is 364 g/mol. The average molecular weight is 389 g/mol. The molecule has 0 heterocycles. The van der Waals surface area contributed by atoms with Gasteiger partial charge in [-0.15, -0.1) is 0 Å². The molecule has 0 radical (unpaired) electrons. The van der Waals surface area contributed by atoms with E-state index in [0.29, 0.717) is 35.5 Å². The fourth-order valence-corrected chi connectivity index (χ4v) is 2.60. The molecule has 0 aliphatic heterocycles. The fourth-order valence-electron chi connectivity index (χ4n) is 2.38. The highest BCUT2D eigenvalue weighted by Crippen LogP contribution is 2.29. The first-order chi connectivity index (χ1) is 13.0. The largest absolute Gasteiger partial charge is 0.490 e. The lowest BCUT2D eigenvalue weighted by Crippen LogP contribution is -2.04. The van der Waals surface area contributed by atoms with Gasteiger partial charge < -0.3 is 14.2 Å². The van der Waals surface area contributed by atoms with Crippen molar-refractivity contribution in [1.29, 1.82) is 0 Å². The highest BCUT2D eigenvalue weighted by molar-refractivity contribution is 6.30. The minimum absolute atomic E-state index is 0.457. The number of ether oxygens (including phenoxy) is 3. The van der Waals surface area contributed by atoms with Crippen molar-refractivity contribution in [2.75, 3.05) is 13.2 Å². The Morgan fingerprint density at radius 2 is 1.81 bits per heavy atom. The molecule has 144 valence electrons. The number of halogens is 1. The van der Waals surface area contributed by atoms with E-state index in [4.69, 9.17) is 25.8 Å². The predicted molar refractivity (Wildman–Crippen MR) is 109 cm³/mol. The molecule has 2 aromatic rings. The summed E-state index contributed by atoms with van der Waals surface area (Å²) in [5.74, 6) is 1.41. The van der Waals surface area contributed by atoms with Crippen LogP contribution in [0.2, 0.25) is 5.02 Å². The Morgan fingerprint density at radius 3 is 2.52 bits per heavy atom. The highest BCUT2D eigenvalue weighted by atomic mass is 35.5. The second-order valence-corrected chi connectivity index (χ2v) is 6.44. The van der Waals surface area contributed by atoms with E-state index in [0.717, 1.165) is 24.0 Å². The van der Waals surface area contributed by atoms with E-state index >= 15 is 0 Å². The SMILES string of the molecule is CCCCOc1ccc(/C=C/C(=O)Oc2ccc(Cl)cc2C)cc1OCC. The summed E-state index contributed by atoms with van der Waals surface area (Å²) in [4.78, 5) is 12.1. The van der Waals surface area contributed by atoms with E-state index in [1.165, 1.54) is 6.08 Å². The summed E-state index contributed by atoms with van der Waals surface area (Å²) >= 11 is 5.91. The van der Waals surface area contributed by atoms with E-state index in [1.54, 1.807) is 24.3 Å². The third kappa shape index (κ3) is 6.65. The Kier molecular flexibility index (Phi) is 8.21. The van der Waals surface area contributed by atoms with Gasteiger partial charge >= 0.3 is 5.97 Å². The molecule has 0 N–H and O–H groups in total. The minimum Gasteiger partial charge on any atom is -0.490 e. The van der Waals surface area contributed by atoms with Gasteiger partial charge in [0.05, 0.1) is 13.2 Å². The summed E-state index contributed by atoms with van der Waals surface area (Å²) < 4.78 is 16.8. The van der Waals surface area contributed by atoms with Crippen LogP contribution in [0.1, 0.15) is 37.8 Å². The van der Waals surface area contributed by atoms with Crippen molar-refractivity contribution in [2.45, 2.75) is 33.6 Å². The number of carbonyl (C=O) groups excluding carboxylic acids is 1. The van der Waals surface area contributed by atoms with Crippen molar-refractivity contribution in [3.63, 3.8) is 0 Å². The molecule has 0 saturated heterocycles. The number of esters is 1. The topological polar surface area (TPSA) is 44.8 Å². The third-order valence-electron chi connectivity index (χ3n) is 3.78. The Balaban J connectivity index is 2.06. The monoisotopic (exact) mass is 388 g/mol. The van der Waals surface area contributed by atoms with Gasteiger partial charge in [-0.1, -0.05) is 31.0 Å². The van der Waals surface area contributed by atoms with Gasteiger partial charge in [-0.3, -0.25) is 0 Å². The van der Waals surface area contributed by atoms with E-state index in [2.05, 4.69) is 6.92 Å². The van der Waals surface area contributed by atoms with Crippen LogP contribution in [0.3, 0.4) is 0 Å². The number of carbonyl (C=O) groups is 1. The first-order valence-corrected chi connectivity index (χ1v) is 9.47. The van der Waals surface area contributed by atoms with Gasteiger partial charge in [0.1, 0.15) is 5.75 Å². The van der Waals surface area contributed by atoms with Gasteiger partial charge in [-0.25, -0.2) is 4.79 Å². The first kappa shape index (κ1) is 20.8. The second-order valence-electron chi connectivity index (χ2n) is 6.01. The zero-order chi connectivity index (χ0) is 19.6. The van der Waals surface area contributed by atoms with Crippen LogP contribution in [0, 0.1) is 6.92 Å². The number of aryl methyl sites for hydroxylation is 1. The quantitative estimate of drug-likeness (QED) is 0.234. The Labute approximate surface area is 165 Å². The van der Waals surface area contributed by atoms with Crippen molar-refractivity contribution in [2.24, 2.45) is 0 Å². The molecule has 5 heteroatoms. The number of unbranched alkanes of at least 4 members (excludes halogenated alkanes) is 1. The minimum atomic E-state index is -0.457. The summed E-state index contributed by atoms with van der Waals surface area (Å²) in [5, 5.41) is 0.604. The van der Waals surface area contributed by atoms with E-state index < -0.39 is 5.97 Å². The molecule has 0 atom stereocenters. The van der Waals surface area contributed by atoms with Crippen LogP contribution in [-0.4, -0.2) is 19.2 Å². The zero-order valence-corrected chi connectivity index (χ0v) is 16.7. The summed E-state index contributed by atoms with van der Waals surface area (Å²) in [6.07, 6.45) is 5.13. The van der Waals surface area contributed by atoms with Crippen LogP contribution in [0.15, 0.2) is 42.5 Å². The average Bonchev–Trinajstić information content (AvgIpc) is 2.64. The van der Waals surface area contributed by atoms with Gasteiger partial charge in [-0.2, -0.15) is 0 Å². The third-order valence-corrected chi connectivity index (χ3v) is 4.02. The molecule has 0 spiro atoms. The van der Waals surface area contributed by atoms with E-state index in [1.807, 2.05) is 32.0 Å². The number of hydrogen-bond acceptors (Lipinski definition) is 4. The molecule has 0 fully saturated rings. The molecule has 0 aliphatic carbocycles. The molecule has 0 aromatic heterocycles. The van der Waals surface area contributed by atoms with Crippen molar-refractivity contribution in [1.82, 2.24) is 0 Å². The maximum Gasteiger partial charge on any atom is 0.336 e. The van der Waals surface area contributed by atoms with E-state index in [-0.39, 0.29) is 0 Å². The normalized spacial score (nSPS) is 10.8. The summed E-state index contributed by atoms with van der Waals surface area (Å²) in [7, 11) is 0. The first-order valence-electron chi connectivity index (χ1n) is 9.09. The van der Waals surface area contributed by atoms with Gasteiger partial charge in [-0.05, 0) is 67.8 Å². The van der Waals surface area contributed by atoms with Crippen LogP contribution < -0.4 is 14.2 Å². The molecule has 4 nitrogen and oxygen atoms in total. The Hall–Kier alpha value is -2.46. The zero-order valence-electron chi connectivity index (χ0n) is 16.0. The number of hydrogen-bond donors (Lipinski definition) is 0. The smallest absolute Gasteiger partial charge is 0.336 e. The summed E-state index contributed by atoms with van der Waals surface area (Å²) in [6, 6.07) is 10.7. The number of rotatable bonds is 9. The molecule has 2 aromatic carbocycles. The molecule has 2 rings (SSSR count). The number of benzene rings is 2. The van der Waals surface area contributed by atoms with Crippen molar-refractivity contribution in [3.8, 4) is 17.2 Å². The van der Waals surface area contributed by atoms with Crippen LogP contribution in [-0.2, 0) is 4.79 Å². The molecule has 0 bridgehead atoms. The standard InChI is InChI=1S/C22H25ClO4/c1-4-6-13-26-20-10-7-17(15-21(20)25-5-2)8-12-22(24)27-19-11-9-18(23)14-16(19)3/h7-12,14-15H,4-6,13H2,1-3H3/b12-8+. The molecule has 27 heavy (non-hydrogen) atoms. The van der Waals surface area contributed by atoms with Crippen LogP contribution >= 0.6 is 11.6 Å². The van der Waals surface area contributed by atoms with E-state index in [9.17, 15) is 4.79 Å². The van der Waals surface area contributed by atoms with Gasteiger partial charge in [0, 0.05) is 11.1 Å². The van der Waals surface area contributed by atoms with Gasteiger partial charge in [0.2, 0.25) is 0 Å². The van der Waals surface area contributed by atoms with Crippen molar-refractivity contribution < 1.29 is 19.0 Å². The second kappa shape index (κ2) is 10.6. The maximum absolute atomic E-state index is 12.1.